The van der Waals surface area contributed by atoms with E-state index in [9.17, 15) is 0 Å². The van der Waals surface area contributed by atoms with Gasteiger partial charge in [-0.1, -0.05) is 19.3 Å². The van der Waals surface area contributed by atoms with Crippen LogP contribution in [0.2, 0.25) is 0 Å². The van der Waals surface area contributed by atoms with Crippen LogP contribution in [0.4, 0.5) is 0 Å². The molecular weight excluding hydrogens is 184 g/mol. The molecule has 2 N–H and O–H groups in total. The maximum absolute atomic E-state index is 3.67. The summed E-state index contributed by atoms with van der Waals surface area (Å²) in [5, 5.41) is 7.25. The van der Waals surface area contributed by atoms with Crippen LogP contribution in [0, 0.1) is 5.92 Å². The predicted octanol–water partition coefficient (Wildman–Crippen LogP) is 2.30. The third kappa shape index (κ3) is 4.52. The molecular formula is C13H26N2. The molecule has 0 spiro atoms. The van der Waals surface area contributed by atoms with Gasteiger partial charge in [-0.2, -0.15) is 0 Å². The summed E-state index contributed by atoms with van der Waals surface area (Å²) >= 11 is 0. The number of rotatable bonds is 6. The van der Waals surface area contributed by atoms with Crippen LogP contribution in [0.3, 0.4) is 0 Å². The van der Waals surface area contributed by atoms with Crippen molar-refractivity contribution >= 4 is 0 Å². The van der Waals surface area contributed by atoms with Crippen molar-refractivity contribution in [1.29, 1.82) is 0 Å². The lowest BCUT2D eigenvalue weighted by Gasteiger charge is -2.24. The summed E-state index contributed by atoms with van der Waals surface area (Å²) in [5.41, 5.74) is 0. The Kier molecular flexibility index (Phi) is 4.45. The minimum Gasteiger partial charge on any atom is -0.313 e. The van der Waals surface area contributed by atoms with E-state index >= 15 is 0 Å². The number of nitrogens with one attached hydrogen (secondary N) is 2. The second kappa shape index (κ2) is 5.86. The minimum atomic E-state index is 0.646. The van der Waals surface area contributed by atoms with Crippen molar-refractivity contribution in [2.75, 3.05) is 13.1 Å². The Balaban J connectivity index is 1.50. The van der Waals surface area contributed by atoms with Crippen LogP contribution in [0.1, 0.15) is 51.9 Å². The molecule has 0 aromatic carbocycles. The first kappa shape index (κ1) is 11.4. The maximum Gasteiger partial charge on any atom is 0.0164 e. The molecule has 88 valence electrons. The zero-order valence-electron chi connectivity index (χ0n) is 10.1. The van der Waals surface area contributed by atoms with Crippen molar-refractivity contribution < 1.29 is 0 Å². The van der Waals surface area contributed by atoms with E-state index in [1.165, 1.54) is 51.5 Å². The van der Waals surface area contributed by atoms with E-state index in [4.69, 9.17) is 0 Å². The van der Waals surface area contributed by atoms with Gasteiger partial charge in [-0.25, -0.2) is 0 Å². The molecule has 2 aliphatic carbocycles. The Morgan fingerprint density at radius 1 is 1.07 bits per heavy atom. The van der Waals surface area contributed by atoms with Crippen molar-refractivity contribution in [3.05, 3.63) is 0 Å². The average molecular weight is 210 g/mol. The van der Waals surface area contributed by atoms with Gasteiger partial charge in [-0.05, 0) is 45.1 Å². The molecule has 0 aliphatic heterocycles. The molecule has 0 radical (unpaired) electrons. The average Bonchev–Trinajstić information content (AvgIpc) is 3.09. The van der Waals surface area contributed by atoms with Crippen molar-refractivity contribution in [2.45, 2.75) is 64.0 Å². The summed E-state index contributed by atoms with van der Waals surface area (Å²) < 4.78 is 0. The van der Waals surface area contributed by atoms with Crippen molar-refractivity contribution in [1.82, 2.24) is 10.6 Å². The quantitative estimate of drug-likeness (QED) is 0.703. The summed E-state index contributed by atoms with van der Waals surface area (Å²) in [5.74, 6) is 0.960. The highest BCUT2D eigenvalue weighted by molar-refractivity contribution is 4.82. The third-order valence-electron chi connectivity index (χ3n) is 3.77. The van der Waals surface area contributed by atoms with Gasteiger partial charge in [0, 0.05) is 18.6 Å². The van der Waals surface area contributed by atoms with Crippen LogP contribution in [0.25, 0.3) is 0 Å². The molecule has 0 saturated heterocycles. The number of hydrogen-bond donors (Lipinski definition) is 2. The summed E-state index contributed by atoms with van der Waals surface area (Å²) in [6, 6.07) is 1.50. The molecule has 2 fully saturated rings. The molecule has 0 amide bonds. The molecule has 15 heavy (non-hydrogen) atoms. The Morgan fingerprint density at radius 3 is 2.47 bits per heavy atom. The fraction of sp³-hybridized carbons (Fsp3) is 1.00. The maximum atomic E-state index is 3.67. The monoisotopic (exact) mass is 210 g/mol. The first-order chi connectivity index (χ1) is 7.34. The minimum absolute atomic E-state index is 0.646. The fourth-order valence-corrected chi connectivity index (χ4v) is 2.46. The molecule has 1 atom stereocenters. The summed E-state index contributed by atoms with van der Waals surface area (Å²) in [7, 11) is 0. The summed E-state index contributed by atoms with van der Waals surface area (Å²) in [6.07, 6.45) is 10.1. The summed E-state index contributed by atoms with van der Waals surface area (Å²) in [4.78, 5) is 0. The van der Waals surface area contributed by atoms with E-state index in [-0.39, 0.29) is 0 Å². The topological polar surface area (TPSA) is 24.1 Å². The van der Waals surface area contributed by atoms with Crippen LogP contribution in [0.5, 0.6) is 0 Å². The number of hydrogen-bond acceptors (Lipinski definition) is 2. The normalized spacial score (nSPS) is 25.4. The van der Waals surface area contributed by atoms with Crippen LogP contribution < -0.4 is 10.6 Å². The van der Waals surface area contributed by atoms with Crippen molar-refractivity contribution in [3.8, 4) is 0 Å². The molecule has 2 aliphatic rings. The standard InChI is InChI=1S/C13H26N2/c1-11(9-15-13-7-8-13)14-10-12-5-3-2-4-6-12/h11-15H,2-10H2,1H3. The molecule has 0 bridgehead atoms. The van der Waals surface area contributed by atoms with E-state index in [0.717, 1.165) is 18.5 Å². The van der Waals surface area contributed by atoms with Crippen LogP contribution in [-0.2, 0) is 0 Å². The van der Waals surface area contributed by atoms with Gasteiger partial charge in [0.2, 0.25) is 0 Å². The van der Waals surface area contributed by atoms with Gasteiger partial charge >= 0.3 is 0 Å². The zero-order chi connectivity index (χ0) is 10.5. The van der Waals surface area contributed by atoms with Crippen LogP contribution in [-0.4, -0.2) is 25.2 Å². The molecule has 0 aromatic rings. The smallest absolute Gasteiger partial charge is 0.0164 e. The van der Waals surface area contributed by atoms with E-state index in [0.29, 0.717) is 6.04 Å². The second-order valence-corrected chi connectivity index (χ2v) is 5.50. The van der Waals surface area contributed by atoms with Gasteiger partial charge in [-0.15, -0.1) is 0 Å². The fourth-order valence-electron chi connectivity index (χ4n) is 2.46. The lowest BCUT2D eigenvalue weighted by molar-refractivity contribution is 0.327. The predicted molar refractivity (Wildman–Crippen MR) is 65.1 cm³/mol. The first-order valence-electron chi connectivity index (χ1n) is 6.81. The van der Waals surface area contributed by atoms with Crippen molar-refractivity contribution in [3.63, 3.8) is 0 Å². The Morgan fingerprint density at radius 2 is 1.80 bits per heavy atom. The highest BCUT2D eigenvalue weighted by atomic mass is 15.0. The Hall–Kier alpha value is -0.0800. The van der Waals surface area contributed by atoms with Gasteiger partial charge in [0.1, 0.15) is 0 Å². The lowest BCUT2D eigenvalue weighted by atomic mass is 9.89. The van der Waals surface area contributed by atoms with Gasteiger partial charge in [0.25, 0.3) is 0 Å². The van der Waals surface area contributed by atoms with E-state index < -0.39 is 0 Å². The Bertz CT molecular complexity index is 171. The van der Waals surface area contributed by atoms with E-state index in [1.807, 2.05) is 0 Å². The van der Waals surface area contributed by atoms with Gasteiger partial charge in [0.15, 0.2) is 0 Å². The molecule has 0 heterocycles. The Labute approximate surface area is 94.2 Å². The largest absolute Gasteiger partial charge is 0.313 e. The zero-order valence-corrected chi connectivity index (χ0v) is 10.1. The molecule has 2 saturated carbocycles. The van der Waals surface area contributed by atoms with Crippen molar-refractivity contribution in [2.24, 2.45) is 5.92 Å². The molecule has 2 heteroatoms. The van der Waals surface area contributed by atoms with Gasteiger partial charge < -0.3 is 10.6 Å². The molecule has 0 aromatic heterocycles. The molecule has 2 rings (SSSR count). The van der Waals surface area contributed by atoms with Crippen LogP contribution >= 0.6 is 0 Å². The highest BCUT2D eigenvalue weighted by Gasteiger charge is 2.21. The second-order valence-electron chi connectivity index (χ2n) is 5.50. The van der Waals surface area contributed by atoms with E-state index in [1.54, 1.807) is 0 Å². The molecule has 2 nitrogen and oxygen atoms in total. The lowest BCUT2D eigenvalue weighted by Crippen LogP contribution is -2.39. The third-order valence-corrected chi connectivity index (χ3v) is 3.77. The molecule has 1 unspecified atom stereocenters. The SMILES string of the molecule is CC(CNC1CC1)NCC1CCCCC1. The first-order valence-corrected chi connectivity index (χ1v) is 6.81. The van der Waals surface area contributed by atoms with Gasteiger partial charge in [-0.3, -0.25) is 0 Å². The van der Waals surface area contributed by atoms with E-state index in [2.05, 4.69) is 17.6 Å². The van der Waals surface area contributed by atoms with Gasteiger partial charge in [0.05, 0.1) is 0 Å². The van der Waals surface area contributed by atoms with Crippen LogP contribution in [0.15, 0.2) is 0 Å². The summed E-state index contributed by atoms with van der Waals surface area (Å²) in [6.45, 7) is 4.70. The highest BCUT2D eigenvalue weighted by Crippen LogP contribution is 2.22.